The first-order valence-corrected chi connectivity index (χ1v) is 9.28. The number of hydrogen-bond acceptors (Lipinski definition) is 5. The molecule has 0 amide bonds. The van der Waals surface area contributed by atoms with Gasteiger partial charge in [-0.1, -0.05) is 18.2 Å². The monoisotopic (exact) mass is 379 g/mol. The zero-order valence-electron chi connectivity index (χ0n) is 14.7. The third-order valence-electron chi connectivity index (χ3n) is 3.80. The Morgan fingerprint density at radius 3 is 2.31 bits per heavy atom. The maximum atomic E-state index is 12.8. The largest absolute Gasteiger partial charge is 0.497 e. The Hall–Kier alpha value is -2.58. The van der Waals surface area contributed by atoms with Crippen molar-refractivity contribution in [1.82, 2.24) is 4.72 Å². The number of carboxylic acid groups (broad SMARTS) is 1. The molecule has 26 heavy (non-hydrogen) atoms. The lowest BCUT2D eigenvalue weighted by molar-refractivity contribution is -0.137. The molecule has 0 spiro atoms. The number of carboxylic acids is 1. The SMILES string of the molecule is COc1ccc([C@H](CC(=O)O)NS(=O)(=O)c2cc(C)ccc2OC)cc1. The molecule has 0 aliphatic rings. The molecule has 0 aliphatic carbocycles. The van der Waals surface area contributed by atoms with Crippen LogP contribution < -0.4 is 14.2 Å². The van der Waals surface area contributed by atoms with Crippen molar-refractivity contribution in [2.45, 2.75) is 24.3 Å². The number of aryl methyl sites for hydroxylation is 1. The van der Waals surface area contributed by atoms with E-state index in [0.29, 0.717) is 11.3 Å². The van der Waals surface area contributed by atoms with Crippen molar-refractivity contribution in [3.05, 3.63) is 53.6 Å². The molecule has 0 unspecified atom stereocenters. The number of aliphatic carboxylic acids is 1. The molecule has 0 aliphatic heterocycles. The van der Waals surface area contributed by atoms with Crippen LogP contribution in [0.4, 0.5) is 0 Å². The Morgan fingerprint density at radius 1 is 1.12 bits per heavy atom. The predicted octanol–water partition coefficient (Wildman–Crippen LogP) is 2.51. The van der Waals surface area contributed by atoms with E-state index in [1.165, 1.54) is 20.3 Å². The molecular formula is C18H21NO6S. The Morgan fingerprint density at radius 2 is 1.77 bits per heavy atom. The second kappa shape index (κ2) is 8.20. The molecule has 0 saturated carbocycles. The van der Waals surface area contributed by atoms with Crippen molar-refractivity contribution in [1.29, 1.82) is 0 Å². The van der Waals surface area contributed by atoms with Crippen molar-refractivity contribution >= 4 is 16.0 Å². The minimum Gasteiger partial charge on any atom is -0.497 e. The molecule has 8 heteroatoms. The van der Waals surface area contributed by atoms with Gasteiger partial charge in [-0.05, 0) is 42.3 Å². The van der Waals surface area contributed by atoms with Gasteiger partial charge in [0.1, 0.15) is 16.4 Å². The van der Waals surface area contributed by atoms with Gasteiger partial charge in [-0.3, -0.25) is 4.79 Å². The zero-order chi connectivity index (χ0) is 19.3. The third kappa shape index (κ3) is 4.74. The number of rotatable bonds is 8. The smallest absolute Gasteiger partial charge is 0.305 e. The average Bonchev–Trinajstić information content (AvgIpc) is 2.60. The summed E-state index contributed by atoms with van der Waals surface area (Å²) in [5.41, 5.74) is 1.26. The highest BCUT2D eigenvalue weighted by Gasteiger charge is 2.26. The normalized spacial score (nSPS) is 12.4. The molecule has 7 nitrogen and oxygen atoms in total. The fourth-order valence-corrected chi connectivity index (χ4v) is 3.96. The average molecular weight is 379 g/mol. The predicted molar refractivity (Wildman–Crippen MR) is 96.0 cm³/mol. The summed E-state index contributed by atoms with van der Waals surface area (Å²) in [6.07, 6.45) is -0.403. The lowest BCUT2D eigenvalue weighted by atomic mass is 10.0. The van der Waals surface area contributed by atoms with Crippen LogP contribution in [-0.4, -0.2) is 33.7 Å². The molecule has 1 atom stereocenters. The maximum Gasteiger partial charge on any atom is 0.305 e. The van der Waals surface area contributed by atoms with Crippen LogP contribution in [-0.2, 0) is 14.8 Å². The number of sulfonamides is 1. The summed E-state index contributed by atoms with van der Waals surface area (Å²) in [7, 11) is -1.12. The standard InChI is InChI=1S/C18H21NO6S/c1-12-4-9-16(25-3)17(10-12)26(22,23)19-15(11-18(20)21)13-5-7-14(24-2)8-6-13/h4-10,15,19H,11H2,1-3H3,(H,20,21)/t15-/m0/s1. The maximum absolute atomic E-state index is 12.8. The number of nitrogens with one attached hydrogen (secondary N) is 1. The molecule has 0 bridgehead atoms. The summed E-state index contributed by atoms with van der Waals surface area (Å²) in [5, 5.41) is 9.17. The second-order valence-corrected chi connectivity index (χ2v) is 7.38. The lowest BCUT2D eigenvalue weighted by Gasteiger charge is -2.19. The van der Waals surface area contributed by atoms with Gasteiger partial charge in [0.25, 0.3) is 0 Å². The van der Waals surface area contributed by atoms with Crippen LogP contribution in [0.25, 0.3) is 0 Å². The highest BCUT2D eigenvalue weighted by Crippen LogP contribution is 2.28. The molecule has 2 N–H and O–H groups in total. The van der Waals surface area contributed by atoms with E-state index in [2.05, 4.69) is 4.72 Å². The first kappa shape index (κ1) is 19.7. The first-order valence-electron chi connectivity index (χ1n) is 7.79. The Labute approximate surface area is 152 Å². The van der Waals surface area contributed by atoms with Gasteiger partial charge in [0, 0.05) is 0 Å². The summed E-state index contributed by atoms with van der Waals surface area (Å²) < 4.78 is 38.4. The quantitative estimate of drug-likeness (QED) is 0.731. The van der Waals surface area contributed by atoms with Gasteiger partial charge in [0.15, 0.2) is 0 Å². The number of methoxy groups -OCH3 is 2. The Kier molecular flexibility index (Phi) is 6.23. The Bertz CT molecular complexity index is 877. The van der Waals surface area contributed by atoms with E-state index in [1.807, 2.05) is 0 Å². The summed E-state index contributed by atoms with van der Waals surface area (Å²) in [6.45, 7) is 1.76. The van der Waals surface area contributed by atoms with Gasteiger partial charge in [0.05, 0.1) is 26.7 Å². The molecule has 2 aromatic rings. The van der Waals surface area contributed by atoms with Crippen LogP contribution in [0.2, 0.25) is 0 Å². The van der Waals surface area contributed by atoms with Gasteiger partial charge >= 0.3 is 5.97 Å². The van der Waals surface area contributed by atoms with Crippen molar-refractivity contribution in [3.8, 4) is 11.5 Å². The molecule has 0 saturated heterocycles. The van der Waals surface area contributed by atoms with Crippen LogP contribution in [0.5, 0.6) is 11.5 Å². The lowest BCUT2D eigenvalue weighted by Crippen LogP contribution is -2.30. The van der Waals surface area contributed by atoms with E-state index in [1.54, 1.807) is 43.3 Å². The highest BCUT2D eigenvalue weighted by molar-refractivity contribution is 7.89. The molecule has 0 aromatic heterocycles. The fourth-order valence-electron chi connectivity index (χ4n) is 2.48. The van der Waals surface area contributed by atoms with Crippen LogP contribution >= 0.6 is 0 Å². The van der Waals surface area contributed by atoms with E-state index >= 15 is 0 Å². The van der Waals surface area contributed by atoms with Crippen LogP contribution in [0.15, 0.2) is 47.4 Å². The fraction of sp³-hybridized carbons (Fsp3) is 0.278. The second-order valence-electron chi connectivity index (χ2n) is 5.70. The van der Waals surface area contributed by atoms with E-state index in [0.717, 1.165) is 5.56 Å². The van der Waals surface area contributed by atoms with Crippen molar-refractivity contribution in [2.75, 3.05) is 14.2 Å². The van der Waals surface area contributed by atoms with Gasteiger partial charge in [-0.15, -0.1) is 0 Å². The van der Waals surface area contributed by atoms with Crippen molar-refractivity contribution in [3.63, 3.8) is 0 Å². The van der Waals surface area contributed by atoms with Crippen LogP contribution in [0.3, 0.4) is 0 Å². The Balaban J connectivity index is 2.40. The molecular weight excluding hydrogens is 358 g/mol. The van der Waals surface area contributed by atoms with E-state index < -0.39 is 28.5 Å². The molecule has 140 valence electrons. The van der Waals surface area contributed by atoms with Crippen molar-refractivity contribution in [2.24, 2.45) is 0 Å². The number of benzene rings is 2. The van der Waals surface area contributed by atoms with Gasteiger partial charge in [-0.2, -0.15) is 0 Å². The van der Waals surface area contributed by atoms with Gasteiger partial charge in [-0.25, -0.2) is 13.1 Å². The zero-order valence-corrected chi connectivity index (χ0v) is 15.5. The number of ether oxygens (including phenoxy) is 2. The highest BCUT2D eigenvalue weighted by atomic mass is 32.2. The summed E-state index contributed by atoms with van der Waals surface area (Å²) >= 11 is 0. The van der Waals surface area contributed by atoms with Crippen LogP contribution in [0.1, 0.15) is 23.6 Å². The molecule has 0 radical (unpaired) electrons. The summed E-state index contributed by atoms with van der Waals surface area (Å²) in [5.74, 6) is -0.345. The minimum atomic E-state index is -4.00. The molecule has 0 heterocycles. The topological polar surface area (TPSA) is 102 Å². The van der Waals surface area contributed by atoms with E-state index in [9.17, 15) is 18.3 Å². The van der Waals surface area contributed by atoms with E-state index in [-0.39, 0.29) is 10.6 Å². The molecule has 0 fully saturated rings. The van der Waals surface area contributed by atoms with Crippen molar-refractivity contribution < 1.29 is 27.8 Å². The summed E-state index contributed by atoms with van der Waals surface area (Å²) in [6, 6.07) is 10.4. The minimum absolute atomic E-state index is 0.0381. The molecule has 2 aromatic carbocycles. The van der Waals surface area contributed by atoms with Crippen LogP contribution in [0, 0.1) is 6.92 Å². The molecule has 2 rings (SSSR count). The third-order valence-corrected chi connectivity index (χ3v) is 5.30. The van der Waals surface area contributed by atoms with E-state index in [4.69, 9.17) is 9.47 Å². The first-order chi connectivity index (χ1) is 12.3. The summed E-state index contributed by atoms with van der Waals surface area (Å²) in [4.78, 5) is 11.2. The number of hydrogen-bond donors (Lipinski definition) is 2. The van der Waals surface area contributed by atoms with Gasteiger partial charge in [0.2, 0.25) is 10.0 Å². The van der Waals surface area contributed by atoms with Gasteiger partial charge < -0.3 is 14.6 Å². The number of carbonyl (C=O) groups is 1.